The average Bonchev–Trinajstić information content (AvgIpc) is 3.90. The molecule has 282 valence electrons. The molecular weight excluding hydrogens is 719 g/mol. The number of aliphatic hydroxyl groups excluding tert-OH is 1. The molecule has 0 radical (unpaired) electrons. The van der Waals surface area contributed by atoms with Crippen molar-refractivity contribution in [3.8, 4) is 11.5 Å². The van der Waals surface area contributed by atoms with E-state index in [0.29, 0.717) is 52.0 Å². The molecule has 1 fully saturated rings. The van der Waals surface area contributed by atoms with Crippen molar-refractivity contribution >= 4 is 46.0 Å². The van der Waals surface area contributed by atoms with Crippen LogP contribution in [0.4, 0.5) is 0 Å². The van der Waals surface area contributed by atoms with Crippen LogP contribution in [0.2, 0.25) is 0 Å². The lowest BCUT2D eigenvalue weighted by molar-refractivity contribution is -0.170. The zero-order valence-corrected chi connectivity index (χ0v) is 31.0. The molecule has 1 saturated carbocycles. The Bertz CT molecular complexity index is 1910. The van der Waals surface area contributed by atoms with Gasteiger partial charge in [-0.25, -0.2) is 4.79 Å². The Labute approximate surface area is 315 Å². The second kappa shape index (κ2) is 19.0. The van der Waals surface area contributed by atoms with Crippen molar-refractivity contribution in [1.29, 1.82) is 0 Å². The van der Waals surface area contributed by atoms with Gasteiger partial charge < -0.3 is 45.1 Å². The largest absolute Gasteiger partial charge is 0.506 e. The minimum atomic E-state index is -1.46. The van der Waals surface area contributed by atoms with Crippen LogP contribution in [0.1, 0.15) is 59.1 Å². The number of aliphatic hydroxyl groups is 1. The molecular formula is C39H45N3O9S2. The van der Waals surface area contributed by atoms with Gasteiger partial charge in [-0.15, -0.1) is 22.7 Å². The Morgan fingerprint density at radius 1 is 1.02 bits per heavy atom. The number of carbonyl (C=O) groups is 2. The third-order valence-corrected chi connectivity index (χ3v) is 11.4. The Morgan fingerprint density at radius 2 is 1.68 bits per heavy atom. The number of phenols is 1. The summed E-state index contributed by atoms with van der Waals surface area (Å²) in [6.45, 7) is 2.10. The Balaban J connectivity index is 0.00000175. The topological polar surface area (TPSA) is 182 Å². The van der Waals surface area contributed by atoms with Gasteiger partial charge >= 0.3 is 5.97 Å². The summed E-state index contributed by atoms with van der Waals surface area (Å²) in [6.07, 6.45) is 3.46. The summed E-state index contributed by atoms with van der Waals surface area (Å²) in [5.74, 6) is -0.200. The molecule has 1 atom stereocenters. The Hall–Kier alpha value is -4.57. The fraction of sp³-hybridized carbons (Fsp3) is 0.359. The molecule has 0 unspecified atom stereocenters. The van der Waals surface area contributed by atoms with E-state index in [-0.39, 0.29) is 23.9 Å². The summed E-state index contributed by atoms with van der Waals surface area (Å²) in [7, 11) is 2.15. The van der Waals surface area contributed by atoms with E-state index in [0.717, 1.165) is 50.0 Å². The number of aliphatic carboxylic acids is 1. The first-order valence-corrected chi connectivity index (χ1v) is 19.1. The van der Waals surface area contributed by atoms with Crippen LogP contribution in [0, 0.1) is 0 Å². The lowest BCUT2D eigenvalue weighted by Gasteiger charge is -2.38. The first-order chi connectivity index (χ1) is 25.7. The summed E-state index contributed by atoms with van der Waals surface area (Å²) in [4.78, 5) is 39.2. The highest BCUT2D eigenvalue weighted by Crippen LogP contribution is 2.42. The summed E-state index contributed by atoms with van der Waals surface area (Å²) < 4.78 is 12.6. The number of nitrogens with zero attached hydrogens (tertiary/aromatic N) is 1. The smallest absolute Gasteiger partial charge is 0.347 e. The molecule has 0 saturated heterocycles. The number of rotatable bonds is 16. The van der Waals surface area contributed by atoms with Crippen LogP contribution in [-0.2, 0) is 26.5 Å². The number of phenolic OH excluding ortho intramolecular Hbond substituents is 1. The van der Waals surface area contributed by atoms with E-state index < -0.39 is 17.7 Å². The lowest BCUT2D eigenvalue weighted by atomic mass is 9.90. The number of aromatic hydroxyl groups is 1. The van der Waals surface area contributed by atoms with Gasteiger partial charge in [-0.1, -0.05) is 30.3 Å². The third-order valence-electron chi connectivity index (χ3n) is 9.43. The van der Waals surface area contributed by atoms with Crippen LogP contribution >= 0.6 is 22.7 Å². The van der Waals surface area contributed by atoms with Crippen molar-refractivity contribution in [2.24, 2.45) is 0 Å². The maximum absolute atomic E-state index is 12.7. The molecule has 6 N–H and O–H groups in total. The van der Waals surface area contributed by atoms with Crippen molar-refractivity contribution < 1.29 is 39.5 Å². The highest BCUT2D eigenvalue weighted by Gasteiger charge is 2.48. The van der Waals surface area contributed by atoms with E-state index in [1.165, 1.54) is 34.8 Å². The van der Waals surface area contributed by atoms with Crippen LogP contribution in [0.15, 0.2) is 88.4 Å². The molecule has 1 aliphatic rings. The number of ether oxygens (including phenoxy) is 2. The normalized spacial score (nSPS) is 16.5. The molecule has 3 aromatic heterocycles. The van der Waals surface area contributed by atoms with Crippen LogP contribution in [-0.4, -0.2) is 81.6 Å². The SMILES string of the molecule is CN(CCCOc1ccc(CNC[C@H](O)c2ccc(O)c3[nH]c(=O)ccc23)cc1)[C@H]1CC[C@H](OC(C(=O)O)(c2cccs2)c2cccs2)CC1.O=CO. The zero-order valence-electron chi connectivity index (χ0n) is 29.4. The van der Waals surface area contributed by atoms with Crippen molar-refractivity contribution in [2.75, 3.05) is 26.7 Å². The molecule has 0 spiro atoms. The van der Waals surface area contributed by atoms with Crippen LogP contribution in [0.25, 0.3) is 10.9 Å². The number of H-pyrrole nitrogens is 1. The van der Waals surface area contributed by atoms with Crippen LogP contribution < -0.4 is 15.6 Å². The predicted octanol–water partition coefficient (Wildman–Crippen LogP) is 5.94. The van der Waals surface area contributed by atoms with Crippen LogP contribution in [0.3, 0.4) is 0 Å². The fourth-order valence-corrected chi connectivity index (χ4v) is 8.52. The van der Waals surface area contributed by atoms with E-state index in [2.05, 4.69) is 22.2 Å². The molecule has 2 aromatic carbocycles. The van der Waals surface area contributed by atoms with Gasteiger partial charge in [-0.05, 0) is 97.4 Å². The van der Waals surface area contributed by atoms with E-state index in [1.807, 2.05) is 59.3 Å². The first-order valence-electron chi connectivity index (χ1n) is 17.4. The average molecular weight is 764 g/mol. The van der Waals surface area contributed by atoms with E-state index in [9.17, 15) is 24.9 Å². The summed E-state index contributed by atoms with van der Waals surface area (Å²) in [5, 5.41) is 45.9. The summed E-state index contributed by atoms with van der Waals surface area (Å²) in [5.41, 5.74) is 0.212. The molecule has 3 heterocycles. The number of carboxylic acid groups (broad SMARTS) is 2. The Kier molecular flexibility index (Phi) is 14.2. The number of thiophene rings is 2. The van der Waals surface area contributed by atoms with Gasteiger partial charge in [0.15, 0.2) is 0 Å². The monoisotopic (exact) mass is 763 g/mol. The zero-order chi connectivity index (χ0) is 37.8. The van der Waals surface area contributed by atoms with Gasteiger partial charge in [0, 0.05) is 37.1 Å². The standard InChI is InChI=1S/C38H43N3O7S2.CH2O2/c1-41(26-9-13-28(14-10-26)48-38(37(45)46,33-5-2-21-49-33)34-6-3-22-50-34)19-4-20-47-27-11-7-25(8-12-27)23-39-24-32(43)29-15-17-31(42)36-30(29)16-18-35(44)40-36;2-1-3/h2-3,5-8,11-12,15-18,21-22,26,28,32,39,42-43H,4,9-10,13-14,19-20,23-24H2,1H3,(H,40,44)(H,45,46);1H,(H,2,3)/t26-,28-,32-;/m0./s1. The molecule has 53 heavy (non-hydrogen) atoms. The van der Waals surface area contributed by atoms with E-state index in [4.69, 9.17) is 19.4 Å². The van der Waals surface area contributed by atoms with Gasteiger partial charge in [0.1, 0.15) is 11.5 Å². The van der Waals surface area contributed by atoms with Crippen molar-refractivity contribution in [1.82, 2.24) is 15.2 Å². The molecule has 0 aliphatic heterocycles. The molecule has 12 nitrogen and oxygen atoms in total. The maximum atomic E-state index is 12.7. The highest BCUT2D eigenvalue weighted by atomic mass is 32.1. The second-order valence-corrected chi connectivity index (χ2v) is 14.7. The summed E-state index contributed by atoms with van der Waals surface area (Å²) >= 11 is 2.84. The molecule has 5 aromatic rings. The number of nitrogens with one attached hydrogen (secondary N) is 2. The van der Waals surface area contributed by atoms with Gasteiger partial charge in [0.05, 0.1) is 34.1 Å². The van der Waals surface area contributed by atoms with E-state index in [1.54, 1.807) is 12.1 Å². The number of aromatic nitrogens is 1. The summed E-state index contributed by atoms with van der Waals surface area (Å²) in [6, 6.07) is 21.9. The van der Waals surface area contributed by atoms with Crippen LogP contribution in [0.5, 0.6) is 11.5 Å². The number of hydrogen-bond acceptors (Lipinski definition) is 11. The van der Waals surface area contributed by atoms with Gasteiger partial charge in [0.25, 0.3) is 6.47 Å². The number of hydrogen-bond donors (Lipinski definition) is 6. The molecule has 6 rings (SSSR count). The maximum Gasteiger partial charge on any atom is 0.347 e. The van der Waals surface area contributed by atoms with Gasteiger partial charge in [-0.3, -0.25) is 9.59 Å². The number of carboxylic acids is 1. The quantitative estimate of drug-likeness (QED) is 0.0517. The minimum absolute atomic E-state index is 0.0354. The first kappa shape index (κ1) is 39.6. The second-order valence-electron chi connectivity index (χ2n) is 12.9. The number of fused-ring (bicyclic) bond motifs is 1. The minimum Gasteiger partial charge on any atom is -0.506 e. The number of pyridine rings is 1. The molecule has 14 heteroatoms. The molecule has 0 amide bonds. The molecule has 0 bridgehead atoms. The fourth-order valence-electron chi connectivity index (χ4n) is 6.71. The number of benzene rings is 2. The van der Waals surface area contributed by atoms with Crippen molar-refractivity contribution in [2.45, 2.75) is 62.5 Å². The van der Waals surface area contributed by atoms with Crippen molar-refractivity contribution in [3.05, 3.63) is 115 Å². The molecule has 1 aliphatic carbocycles. The van der Waals surface area contributed by atoms with E-state index >= 15 is 0 Å². The third kappa shape index (κ3) is 9.90. The van der Waals surface area contributed by atoms with Gasteiger partial charge in [-0.2, -0.15) is 0 Å². The Morgan fingerprint density at radius 3 is 2.28 bits per heavy atom. The number of aromatic amines is 1. The predicted molar refractivity (Wildman–Crippen MR) is 205 cm³/mol. The lowest BCUT2D eigenvalue weighted by Crippen LogP contribution is -2.44. The highest BCUT2D eigenvalue weighted by molar-refractivity contribution is 7.12. The van der Waals surface area contributed by atoms with Gasteiger partial charge in [0.2, 0.25) is 11.2 Å². The van der Waals surface area contributed by atoms with Crippen molar-refractivity contribution in [3.63, 3.8) is 0 Å².